The number of carboxylic acid groups (broad SMARTS) is 1. The molecule has 0 bridgehead atoms. The van der Waals surface area contributed by atoms with Gasteiger partial charge in [-0.3, -0.25) is 9.59 Å². The van der Waals surface area contributed by atoms with Crippen molar-refractivity contribution >= 4 is 17.9 Å². The van der Waals surface area contributed by atoms with Gasteiger partial charge >= 0.3 is 12.0 Å². The number of nitrogens with one attached hydrogen (secondary N) is 2. The fraction of sp³-hybridized carbons (Fsp3) is 0.786. The van der Waals surface area contributed by atoms with Crippen molar-refractivity contribution in [3.8, 4) is 0 Å². The highest BCUT2D eigenvalue weighted by atomic mass is 16.4. The molecule has 1 aliphatic heterocycles. The van der Waals surface area contributed by atoms with Crippen LogP contribution in [0.2, 0.25) is 0 Å². The van der Waals surface area contributed by atoms with E-state index in [0.29, 0.717) is 25.9 Å². The number of nitrogens with zero attached hydrogens (tertiary/aromatic N) is 1. The minimum absolute atomic E-state index is 0.00474. The molecule has 3 unspecified atom stereocenters. The molecule has 0 radical (unpaired) electrons. The van der Waals surface area contributed by atoms with Crippen LogP contribution >= 0.6 is 0 Å². The summed E-state index contributed by atoms with van der Waals surface area (Å²) in [5, 5.41) is 14.9. The molecule has 0 aromatic rings. The lowest BCUT2D eigenvalue weighted by Gasteiger charge is -2.31. The number of aliphatic carboxylic acids is 1. The van der Waals surface area contributed by atoms with Crippen LogP contribution in [0.4, 0.5) is 4.79 Å². The van der Waals surface area contributed by atoms with Crippen LogP contribution in [0.5, 0.6) is 0 Å². The Bertz CT molecular complexity index is 426. The van der Waals surface area contributed by atoms with E-state index in [9.17, 15) is 19.5 Å². The van der Waals surface area contributed by atoms with E-state index in [0.717, 1.165) is 19.3 Å². The number of hydrogen-bond acceptors (Lipinski definition) is 3. The van der Waals surface area contributed by atoms with Gasteiger partial charge in [-0.05, 0) is 19.3 Å². The minimum Gasteiger partial charge on any atom is -0.481 e. The first-order valence-electron chi connectivity index (χ1n) is 7.52. The largest absolute Gasteiger partial charge is 0.481 e. The van der Waals surface area contributed by atoms with Crippen molar-refractivity contribution in [2.24, 2.45) is 5.92 Å². The molecule has 0 spiro atoms. The predicted molar refractivity (Wildman–Crippen MR) is 75.7 cm³/mol. The van der Waals surface area contributed by atoms with Crippen molar-refractivity contribution in [1.29, 1.82) is 0 Å². The van der Waals surface area contributed by atoms with Crippen molar-refractivity contribution in [2.45, 2.75) is 51.1 Å². The molecular formula is C14H23N3O4. The number of carbonyl (C=O) groups excluding carboxylic acids is 2. The van der Waals surface area contributed by atoms with Gasteiger partial charge in [0.25, 0.3) is 0 Å². The van der Waals surface area contributed by atoms with Crippen molar-refractivity contribution in [3.05, 3.63) is 0 Å². The fourth-order valence-electron chi connectivity index (χ4n) is 3.20. The van der Waals surface area contributed by atoms with Crippen molar-refractivity contribution in [1.82, 2.24) is 15.5 Å². The Morgan fingerprint density at radius 1 is 1.10 bits per heavy atom. The van der Waals surface area contributed by atoms with E-state index < -0.39 is 11.9 Å². The molecule has 21 heavy (non-hydrogen) atoms. The Balaban J connectivity index is 1.86. The zero-order valence-corrected chi connectivity index (χ0v) is 12.3. The van der Waals surface area contributed by atoms with Gasteiger partial charge in [-0.25, -0.2) is 4.79 Å². The summed E-state index contributed by atoms with van der Waals surface area (Å²) in [4.78, 5) is 36.1. The van der Waals surface area contributed by atoms with E-state index in [-0.39, 0.29) is 24.0 Å². The van der Waals surface area contributed by atoms with Crippen LogP contribution in [0.1, 0.15) is 39.0 Å². The molecule has 7 nitrogen and oxygen atoms in total. The van der Waals surface area contributed by atoms with E-state index in [1.54, 1.807) is 4.90 Å². The van der Waals surface area contributed by atoms with Gasteiger partial charge in [-0.15, -0.1) is 0 Å². The van der Waals surface area contributed by atoms with Gasteiger partial charge in [-0.1, -0.05) is 12.8 Å². The SMILES string of the molecule is CC(=O)NC1CCN(C(=O)NC2CCCCC2C(=O)O)C1. The van der Waals surface area contributed by atoms with E-state index in [2.05, 4.69) is 10.6 Å². The van der Waals surface area contributed by atoms with E-state index >= 15 is 0 Å². The minimum atomic E-state index is -0.836. The Morgan fingerprint density at radius 2 is 1.81 bits per heavy atom. The molecule has 3 N–H and O–H groups in total. The molecule has 1 saturated carbocycles. The third-order valence-corrected chi connectivity index (χ3v) is 4.27. The average molecular weight is 297 g/mol. The second kappa shape index (κ2) is 6.78. The summed E-state index contributed by atoms with van der Waals surface area (Å²) in [7, 11) is 0. The molecule has 0 aromatic carbocycles. The second-order valence-corrected chi connectivity index (χ2v) is 5.92. The van der Waals surface area contributed by atoms with Crippen LogP contribution in [-0.2, 0) is 9.59 Å². The topological polar surface area (TPSA) is 98.7 Å². The van der Waals surface area contributed by atoms with Gasteiger partial charge in [0.15, 0.2) is 0 Å². The summed E-state index contributed by atoms with van der Waals surface area (Å²) in [5.41, 5.74) is 0. The van der Waals surface area contributed by atoms with Gasteiger partial charge in [0.2, 0.25) is 5.91 Å². The van der Waals surface area contributed by atoms with Crippen LogP contribution in [0.25, 0.3) is 0 Å². The second-order valence-electron chi connectivity index (χ2n) is 5.92. The summed E-state index contributed by atoms with van der Waals surface area (Å²) >= 11 is 0. The summed E-state index contributed by atoms with van der Waals surface area (Å²) < 4.78 is 0. The fourth-order valence-corrected chi connectivity index (χ4v) is 3.20. The van der Waals surface area contributed by atoms with E-state index in [1.165, 1.54) is 6.92 Å². The number of hydrogen-bond donors (Lipinski definition) is 3. The maximum atomic E-state index is 12.2. The monoisotopic (exact) mass is 297 g/mol. The average Bonchev–Trinajstić information content (AvgIpc) is 2.86. The lowest BCUT2D eigenvalue weighted by atomic mass is 9.84. The van der Waals surface area contributed by atoms with Gasteiger partial charge in [0.1, 0.15) is 0 Å². The van der Waals surface area contributed by atoms with Gasteiger partial charge in [-0.2, -0.15) is 0 Å². The van der Waals surface area contributed by atoms with Crippen molar-refractivity contribution in [2.75, 3.05) is 13.1 Å². The van der Waals surface area contributed by atoms with Crippen LogP contribution in [0.3, 0.4) is 0 Å². The Labute approximate surface area is 124 Å². The lowest BCUT2D eigenvalue weighted by molar-refractivity contribution is -0.143. The highest BCUT2D eigenvalue weighted by Gasteiger charge is 2.34. The summed E-state index contributed by atoms with van der Waals surface area (Å²) in [5.74, 6) is -1.42. The molecule has 1 heterocycles. The number of rotatable bonds is 3. The summed E-state index contributed by atoms with van der Waals surface area (Å²) in [6, 6.07) is -0.514. The molecule has 7 heteroatoms. The Morgan fingerprint density at radius 3 is 2.48 bits per heavy atom. The molecule has 1 aliphatic carbocycles. The number of carboxylic acids is 1. The molecular weight excluding hydrogens is 274 g/mol. The molecule has 1 saturated heterocycles. The first kappa shape index (κ1) is 15.6. The molecule has 3 atom stereocenters. The quantitative estimate of drug-likeness (QED) is 0.708. The number of carbonyl (C=O) groups is 3. The number of amides is 3. The van der Waals surface area contributed by atoms with Gasteiger partial charge in [0, 0.05) is 32.1 Å². The third-order valence-electron chi connectivity index (χ3n) is 4.27. The van der Waals surface area contributed by atoms with Crippen LogP contribution < -0.4 is 10.6 Å². The van der Waals surface area contributed by atoms with Crippen LogP contribution in [-0.4, -0.2) is 53.1 Å². The van der Waals surface area contributed by atoms with Gasteiger partial charge in [0.05, 0.1) is 5.92 Å². The Hall–Kier alpha value is -1.79. The van der Waals surface area contributed by atoms with Gasteiger partial charge < -0.3 is 20.6 Å². The smallest absolute Gasteiger partial charge is 0.317 e. The molecule has 0 aromatic heterocycles. The third kappa shape index (κ3) is 4.09. The van der Waals surface area contributed by atoms with Crippen molar-refractivity contribution < 1.29 is 19.5 Å². The molecule has 3 amide bonds. The summed E-state index contributed by atoms with van der Waals surface area (Å²) in [6.07, 6.45) is 3.92. The standard InChI is InChI=1S/C14H23N3O4/c1-9(18)15-10-6-7-17(8-10)14(21)16-12-5-3-2-4-11(12)13(19)20/h10-12H,2-8H2,1H3,(H,15,18)(H,16,21)(H,19,20). The van der Waals surface area contributed by atoms with E-state index in [4.69, 9.17) is 0 Å². The summed E-state index contributed by atoms with van der Waals surface area (Å²) in [6.45, 7) is 2.53. The van der Waals surface area contributed by atoms with Crippen LogP contribution in [0, 0.1) is 5.92 Å². The molecule has 2 aliphatic rings. The molecule has 2 fully saturated rings. The zero-order chi connectivity index (χ0) is 15.4. The predicted octanol–water partition coefficient (Wildman–Crippen LogP) is 0.550. The number of urea groups is 1. The van der Waals surface area contributed by atoms with Crippen LogP contribution in [0.15, 0.2) is 0 Å². The normalized spacial score (nSPS) is 29.0. The maximum absolute atomic E-state index is 12.2. The first-order valence-corrected chi connectivity index (χ1v) is 7.52. The lowest BCUT2D eigenvalue weighted by Crippen LogP contribution is -2.50. The highest BCUT2D eigenvalue weighted by Crippen LogP contribution is 2.25. The Kier molecular flexibility index (Phi) is 5.03. The molecule has 2 rings (SSSR count). The number of likely N-dealkylation sites (tertiary alicyclic amines) is 1. The first-order chi connectivity index (χ1) is 9.97. The molecule has 118 valence electrons. The van der Waals surface area contributed by atoms with E-state index in [1.807, 2.05) is 0 Å². The maximum Gasteiger partial charge on any atom is 0.317 e. The highest BCUT2D eigenvalue weighted by molar-refractivity contribution is 5.77. The zero-order valence-electron chi connectivity index (χ0n) is 12.3. The van der Waals surface area contributed by atoms with Crippen molar-refractivity contribution in [3.63, 3.8) is 0 Å².